The summed E-state index contributed by atoms with van der Waals surface area (Å²) in [7, 11) is 0. The molecule has 0 radical (unpaired) electrons. The van der Waals surface area contributed by atoms with Crippen LogP contribution in [0.3, 0.4) is 0 Å². The lowest BCUT2D eigenvalue weighted by atomic mass is 9.84. The Balaban J connectivity index is 1.87. The first-order valence-electron chi connectivity index (χ1n) is 7.23. The molecule has 0 aliphatic carbocycles. The number of fused-ring (bicyclic) bond motifs is 1. The molecule has 0 spiro atoms. The van der Waals surface area contributed by atoms with E-state index in [2.05, 4.69) is 37.4 Å². The van der Waals surface area contributed by atoms with Gasteiger partial charge in [0.1, 0.15) is 5.75 Å². The second-order valence-corrected chi connectivity index (χ2v) is 5.78. The van der Waals surface area contributed by atoms with Gasteiger partial charge in [-0.25, -0.2) is 0 Å². The molecule has 1 aromatic carbocycles. The molecule has 19 heavy (non-hydrogen) atoms. The van der Waals surface area contributed by atoms with Crippen LogP contribution in [0, 0.1) is 5.41 Å². The van der Waals surface area contributed by atoms with E-state index in [1.807, 2.05) is 6.07 Å². The Hall–Kier alpha value is -0.730. The van der Waals surface area contributed by atoms with Crippen molar-refractivity contribution in [3.63, 3.8) is 0 Å². The van der Waals surface area contributed by atoms with Crippen molar-refractivity contribution >= 4 is 11.6 Å². The van der Waals surface area contributed by atoms with Gasteiger partial charge in [0.05, 0.1) is 6.61 Å². The fourth-order valence-corrected chi connectivity index (χ4v) is 3.12. The first kappa shape index (κ1) is 14.7. The summed E-state index contributed by atoms with van der Waals surface area (Å²) in [6.45, 7) is 7.19. The van der Waals surface area contributed by atoms with Gasteiger partial charge < -0.3 is 10.1 Å². The molecule has 1 atom stereocenters. The molecular formula is C16H24ClNO. The molecule has 0 saturated heterocycles. The van der Waals surface area contributed by atoms with Gasteiger partial charge in [0.2, 0.25) is 0 Å². The third-order valence-electron chi connectivity index (χ3n) is 4.47. The van der Waals surface area contributed by atoms with Gasteiger partial charge in [-0.1, -0.05) is 32.0 Å². The highest BCUT2D eigenvalue weighted by Gasteiger charge is 2.27. The molecule has 0 aromatic heterocycles. The van der Waals surface area contributed by atoms with Crippen LogP contribution in [0.4, 0.5) is 0 Å². The number of alkyl halides is 1. The third kappa shape index (κ3) is 3.24. The maximum Gasteiger partial charge on any atom is 0.122 e. The van der Waals surface area contributed by atoms with Crippen LogP contribution >= 0.6 is 11.6 Å². The second kappa shape index (κ2) is 6.62. The lowest BCUT2D eigenvalue weighted by molar-refractivity contribution is 0.275. The highest BCUT2D eigenvalue weighted by atomic mass is 35.5. The SMILES string of the molecule is CCC(CC)(CCl)CNCC1COc2ccccc21. The molecular weight excluding hydrogens is 258 g/mol. The van der Waals surface area contributed by atoms with Crippen LogP contribution in [-0.2, 0) is 0 Å². The van der Waals surface area contributed by atoms with Crippen molar-refractivity contribution in [2.75, 3.05) is 25.6 Å². The predicted octanol–water partition coefficient (Wildman–Crippen LogP) is 3.80. The molecule has 0 saturated carbocycles. The number of hydrogen-bond donors (Lipinski definition) is 1. The zero-order chi connectivity index (χ0) is 13.7. The van der Waals surface area contributed by atoms with Crippen LogP contribution in [0.2, 0.25) is 0 Å². The molecule has 0 fully saturated rings. The largest absolute Gasteiger partial charge is 0.493 e. The summed E-state index contributed by atoms with van der Waals surface area (Å²) in [5.74, 6) is 2.24. The minimum absolute atomic E-state index is 0.237. The Morgan fingerprint density at radius 3 is 2.74 bits per heavy atom. The monoisotopic (exact) mass is 281 g/mol. The summed E-state index contributed by atoms with van der Waals surface area (Å²) >= 11 is 6.14. The van der Waals surface area contributed by atoms with Crippen LogP contribution in [-0.4, -0.2) is 25.6 Å². The quantitative estimate of drug-likeness (QED) is 0.768. The van der Waals surface area contributed by atoms with Gasteiger partial charge in [0, 0.05) is 30.5 Å². The first-order chi connectivity index (χ1) is 9.24. The highest BCUT2D eigenvalue weighted by Crippen LogP contribution is 2.33. The van der Waals surface area contributed by atoms with Crippen molar-refractivity contribution in [3.05, 3.63) is 29.8 Å². The maximum atomic E-state index is 6.14. The third-order valence-corrected chi connectivity index (χ3v) is 5.04. The van der Waals surface area contributed by atoms with Crippen molar-refractivity contribution in [1.29, 1.82) is 0 Å². The molecule has 1 N–H and O–H groups in total. The number of halogens is 1. The molecule has 0 bridgehead atoms. The first-order valence-corrected chi connectivity index (χ1v) is 7.76. The number of ether oxygens (including phenoxy) is 1. The number of benzene rings is 1. The molecule has 1 unspecified atom stereocenters. The van der Waals surface area contributed by atoms with Crippen LogP contribution < -0.4 is 10.1 Å². The smallest absolute Gasteiger partial charge is 0.122 e. The summed E-state index contributed by atoms with van der Waals surface area (Å²) in [5, 5.41) is 3.60. The Labute approximate surface area is 121 Å². The number of hydrogen-bond acceptors (Lipinski definition) is 2. The molecule has 1 aliphatic rings. The van der Waals surface area contributed by atoms with E-state index in [9.17, 15) is 0 Å². The number of rotatable bonds is 7. The summed E-state index contributed by atoms with van der Waals surface area (Å²) in [6.07, 6.45) is 2.25. The Bertz CT molecular complexity index is 395. The van der Waals surface area contributed by atoms with E-state index in [1.54, 1.807) is 0 Å². The zero-order valence-corrected chi connectivity index (χ0v) is 12.7. The van der Waals surface area contributed by atoms with E-state index >= 15 is 0 Å². The predicted molar refractivity (Wildman–Crippen MR) is 81.3 cm³/mol. The summed E-state index contributed by atoms with van der Waals surface area (Å²) in [5.41, 5.74) is 1.57. The van der Waals surface area contributed by atoms with Crippen LogP contribution in [0.25, 0.3) is 0 Å². The average molecular weight is 282 g/mol. The van der Waals surface area contributed by atoms with Gasteiger partial charge in [-0.2, -0.15) is 0 Å². The van der Waals surface area contributed by atoms with Crippen LogP contribution in [0.5, 0.6) is 5.75 Å². The molecule has 106 valence electrons. The molecule has 0 amide bonds. The van der Waals surface area contributed by atoms with E-state index in [0.717, 1.165) is 44.2 Å². The molecule has 1 aromatic rings. The molecule has 1 aliphatic heterocycles. The molecule has 1 heterocycles. The zero-order valence-electron chi connectivity index (χ0n) is 11.9. The maximum absolute atomic E-state index is 6.14. The van der Waals surface area contributed by atoms with Gasteiger partial charge in [-0.3, -0.25) is 0 Å². The molecule has 3 heteroatoms. The molecule has 2 rings (SSSR count). The minimum Gasteiger partial charge on any atom is -0.493 e. The normalized spacial score (nSPS) is 18.2. The lowest BCUT2D eigenvalue weighted by Crippen LogP contribution is -2.37. The highest BCUT2D eigenvalue weighted by molar-refractivity contribution is 6.18. The van der Waals surface area contributed by atoms with E-state index in [-0.39, 0.29) is 5.41 Å². The van der Waals surface area contributed by atoms with Gasteiger partial charge in [0.15, 0.2) is 0 Å². The van der Waals surface area contributed by atoms with E-state index < -0.39 is 0 Å². The van der Waals surface area contributed by atoms with E-state index in [4.69, 9.17) is 16.3 Å². The van der Waals surface area contributed by atoms with Crippen molar-refractivity contribution in [2.24, 2.45) is 5.41 Å². The van der Waals surface area contributed by atoms with Crippen LogP contribution in [0.1, 0.15) is 38.2 Å². The fraction of sp³-hybridized carbons (Fsp3) is 0.625. The van der Waals surface area contributed by atoms with E-state index in [1.165, 1.54) is 5.56 Å². The molecule has 2 nitrogen and oxygen atoms in total. The fourth-order valence-electron chi connectivity index (χ4n) is 2.65. The van der Waals surface area contributed by atoms with Gasteiger partial charge in [-0.15, -0.1) is 11.6 Å². The van der Waals surface area contributed by atoms with E-state index in [0.29, 0.717) is 5.92 Å². The summed E-state index contributed by atoms with van der Waals surface area (Å²) in [6, 6.07) is 8.34. The number of para-hydroxylation sites is 1. The van der Waals surface area contributed by atoms with Crippen LogP contribution in [0.15, 0.2) is 24.3 Å². The average Bonchev–Trinajstić information content (AvgIpc) is 2.88. The Kier molecular flexibility index (Phi) is 5.12. The standard InChI is InChI=1S/C16H24ClNO/c1-3-16(4-2,11-17)12-18-9-13-10-19-15-8-6-5-7-14(13)15/h5-8,13,18H,3-4,9-12H2,1-2H3. The summed E-state index contributed by atoms with van der Waals surface area (Å²) < 4.78 is 5.71. The van der Waals surface area contributed by atoms with Gasteiger partial charge in [-0.05, 0) is 24.3 Å². The van der Waals surface area contributed by atoms with Crippen molar-refractivity contribution in [3.8, 4) is 5.75 Å². The van der Waals surface area contributed by atoms with Gasteiger partial charge in [0.25, 0.3) is 0 Å². The topological polar surface area (TPSA) is 21.3 Å². The van der Waals surface area contributed by atoms with Gasteiger partial charge >= 0.3 is 0 Å². The number of nitrogens with one attached hydrogen (secondary N) is 1. The second-order valence-electron chi connectivity index (χ2n) is 5.52. The lowest BCUT2D eigenvalue weighted by Gasteiger charge is -2.30. The Morgan fingerprint density at radius 1 is 1.32 bits per heavy atom. The van der Waals surface area contributed by atoms with Crippen molar-refractivity contribution in [2.45, 2.75) is 32.6 Å². The summed E-state index contributed by atoms with van der Waals surface area (Å²) in [4.78, 5) is 0. The van der Waals surface area contributed by atoms with Crippen molar-refractivity contribution in [1.82, 2.24) is 5.32 Å². The minimum atomic E-state index is 0.237. The Morgan fingerprint density at radius 2 is 2.05 bits per heavy atom. The van der Waals surface area contributed by atoms with Crippen molar-refractivity contribution < 1.29 is 4.74 Å².